The summed E-state index contributed by atoms with van der Waals surface area (Å²) in [6.07, 6.45) is 0. The van der Waals surface area contributed by atoms with Gasteiger partial charge in [-0.1, -0.05) is 0 Å². The number of nitrogens with one attached hydrogen (secondary N) is 1. The second-order valence-corrected chi connectivity index (χ2v) is 5.90. The number of carbonyl (C=O) groups is 2. The Hall–Kier alpha value is -4.20. The molecule has 1 N–H and O–H groups in total. The molecule has 0 aliphatic rings. The second-order valence-electron chi connectivity index (χ2n) is 5.90. The van der Waals surface area contributed by atoms with Crippen molar-refractivity contribution in [2.45, 2.75) is 0 Å². The fourth-order valence-electron chi connectivity index (χ4n) is 2.44. The first-order valence-electron chi connectivity index (χ1n) is 8.48. The molecule has 29 heavy (non-hydrogen) atoms. The molecule has 0 spiro atoms. The van der Waals surface area contributed by atoms with E-state index in [1.807, 2.05) is 0 Å². The summed E-state index contributed by atoms with van der Waals surface area (Å²) in [6.45, 7) is 0. The Labute approximate surface area is 165 Å². The van der Waals surface area contributed by atoms with Crippen molar-refractivity contribution < 1.29 is 24.0 Å². The molecule has 8 nitrogen and oxygen atoms in total. The predicted octanol–water partition coefficient (Wildman–Crippen LogP) is 4.07. The topological polar surface area (TPSA) is 108 Å². The number of nitrogens with zero attached hydrogens (tertiary/aromatic N) is 1. The molecule has 146 valence electrons. The molecule has 0 radical (unpaired) electrons. The van der Waals surface area contributed by atoms with Crippen LogP contribution in [0.3, 0.4) is 0 Å². The van der Waals surface area contributed by atoms with Crippen LogP contribution in [0.15, 0.2) is 72.8 Å². The van der Waals surface area contributed by atoms with E-state index >= 15 is 0 Å². The number of non-ortho nitro benzene ring substituents is 1. The van der Waals surface area contributed by atoms with Gasteiger partial charge in [-0.3, -0.25) is 14.9 Å². The lowest BCUT2D eigenvalue weighted by molar-refractivity contribution is -0.384. The maximum absolute atomic E-state index is 12.3. The molecule has 0 saturated heterocycles. The zero-order valence-corrected chi connectivity index (χ0v) is 15.3. The molecule has 0 heterocycles. The van der Waals surface area contributed by atoms with E-state index in [4.69, 9.17) is 9.47 Å². The van der Waals surface area contributed by atoms with Crippen LogP contribution in [-0.2, 0) is 0 Å². The second kappa shape index (κ2) is 8.66. The van der Waals surface area contributed by atoms with Gasteiger partial charge in [-0.2, -0.15) is 0 Å². The van der Waals surface area contributed by atoms with E-state index in [0.29, 0.717) is 17.0 Å². The van der Waals surface area contributed by atoms with Gasteiger partial charge in [-0.15, -0.1) is 0 Å². The molecule has 3 aromatic carbocycles. The van der Waals surface area contributed by atoms with Gasteiger partial charge in [0.25, 0.3) is 11.6 Å². The monoisotopic (exact) mass is 392 g/mol. The summed E-state index contributed by atoms with van der Waals surface area (Å²) in [5, 5.41) is 13.4. The number of hydrogen-bond donors (Lipinski definition) is 1. The summed E-state index contributed by atoms with van der Waals surface area (Å²) in [4.78, 5) is 34.5. The molecule has 3 rings (SSSR count). The number of methoxy groups -OCH3 is 1. The largest absolute Gasteiger partial charge is 0.497 e. The molecular weight excluding hydrogens is 376 g/mol. The molecular formula is C21H16N2O6. The molecule has 0 bridgehead atoms. The Kier molecular flexibility index (Phi) is 5.84. The number of benzene rings is 3. The lowest BCUT2D eigenvalue weighted by Crippen LogP contribution is -2.12. The maximum atomic E-state index is 12.3. The molecule has 1 amide bonds. The lowest BCUT2D eigenvalue weighted by atomic mass is 10.2. The van der Waals surface area contributed by atoms with Crippen molar-refractivity contribution >= 4 is 23.3 Å². The van der Waals surface area contributed by atoms with Crippen LogP contribution >= 0.6 is 0 Å². The minimum atomic E-state index is -0.657. The highest BCUT2D eigenvalue weighted by Gasteiger charge is 2.12. The van der Waals surface area contributed by atoms with Gasteiger partial charge in [0.1, 0.15) is 11.5 Å². The van der Waals surface area contributed by atoms with Gasteiger partial charge in [-0.25, -0.2) is 4.79 Å². The molecule has 0 aliphatic carbocycles. The molecule has 0 saturated carbocycles. The first kappa shape index (κ1) is 19.6. The van der Waals surface area contributed by atoms with Crippen LogP contribution in [0.2, 0.25) is 0 Å². The normalized spacial score (nSPS) is 10.1. The average molecular weight is 392 g/mol. The molecule has 0 atom stereocenters. The average Bonchev–Trinajstić information content (AvgIpc) is 2.74. The van der Waals surface area contributed by atoms with Crippen molar-refractivity contribution in [3.63, 3.8) is 0 Å². The van der Waals surface area contributed by atoms with Crippen LogP contribution in [0.4, 0.5) is 11.4 Å². The SMILES string of the molecule is COc1ccc(NC(=O)c2ccc(OC(=O)c3ccc([N+](=O)[O-])cc3)cc2)cc1. The third kappa shape index (κ3) is 4.95. The maximum Gasteiger partial charge on any atom is 0.343 e. The van der Waals surface area contributed by atoms with Gasteiger partial charge in [-0.05, 0) is 60.7 Å². The molecule has 0 unspecified atom stereocenters. The van der Waals surface area contributed by atoms with Gasteiger partial charge in [0.2, 0.25) is 0 Å². The Morgan fingerprint density at radius 2 is 1.38 bits per heavy atom. The molecule has 3 aromatic rings. The Morgan fingerprint density at radius 3 is 1.93 bits per heavy atom. The van der Waals surface area contributed by atoms with Crippen LogP contribution < -0.4 is 14.8 Å². The van der Waals surface area contributed by atoms with Crippen molar-refractivity contribution in [1.29, 1.82) is 0 Å². The Morgan fingerprint density at radius 1 is 0.828 bits per heavy atom. The van der Waals surface area contributed by atoms with Gasteiger partial charge in [0, 0.05) is 23.4 Å². The van der Waals surface area contributed by atoms with E-state index in [0.717, 1.165) is 0 Å². The molecule has 0 aromatic heterocycles. The predicted molar refractivity (Wildman–Crippen MR) is 105 cm³/mol. The van der Waals surface area contributed by atoms with Gasteiger partial charge in [0.15, 0.2) is 0 Å². The van der Waals surface area contributed by atoms with E-state index in [1.54, 1.807) is 31.4 Å². The first-order valence-corrected chi connectivity index (χ1v) is 8.48. The van der Waals surface area contributed by atoms with Crippen molar-refractivity contribution in [3.8, 4) is 11.5 Å². The highest BCUT2D eigenvalue weighted by atomic mass is 16.6. The first-order chi connectivity index (χ1) is 14.0. The molecule has 8 heteroatoms. The summed E-state index contributed by atoms with van der Waals surface area (Å²) in [7, 11) is 1.56. The van der Waals surface area contributed by atoms with Crippen molar-refractivity contribution in [3.05, 3.63) is 94.0 Å². The van der Waals surface area contributed by atoms with Crippen LogP contribution in [0, 0.1) is 10.1 Å². The lowest BCUT2D eigenvalue weighted by Gasteiger charge is -2.08. The fourth-order valence-corrected chi connectivity index (χ4v) is 2.44. The Bertz CT molecular complexity index is 1030. The number of nitro benzene ring substituents is 1. The van der Waals surface area contributed by atoms with Crippen LogP contribution in [0.1, 0.15) is 20.7 Å². The highest BCUT2D eigenvalue weighted by Crippen LogP contribution is 2.19. The summed E-state index contributed by atoms with van der Waals surface area (Å²) in [5.41, 5.74) is 1.06. The van der Waals surface area contributed by atoms with Crippen molar-refractivity contribution in [2.24, 2.45) is 0 Å². The zero-order chi connectivity index (χ0) is 20.8. The summed E-state index contributed by atoms with van der Waals surface area (Å²) in [6, 6.07) is 18.0. The van der Waals surface area contributed by atoms with Crippen LogP contribution in [0.25, 0.3) is 0 Å². The zero-order valence-electron chi connectivity index (χ0n) is 15.3. The van der Waals surface area contributed by atoms with Gasteiger partial charge in [0.05, 0.1) is 17.6 Å². The number of hydrogen-bond acceptors (Lipinski definition) is 6. The Balaban J connectivity index is 1.62. The van der Waals surface area contributed by atoms with Crippen LogP contribution in [0.5, 0.6) is 11.5 Å². The van der Waals surface area contributed by atoms with Gasteiger partial charge >= 0.3 is 5.97 Å². The highest BCUT2D eigenvalue weighted by molar-refractivity contribution is 6.04. The van der Waals surface area contributed by atoms with E-state index in [2.05, 4.69) is 5.32 Å². The third-order valence-electron chi connectivity index (χ3n) is 3.99. The summed E-state index contributed by atoms with van der Waals surface area (Å²) < 4.78 is 10.3. The number of esters is 1. The standard InChI is InChI=1S/C21H16N2O6/c1-28-18-12-6-16(7-13-18)22-20(24)14-4-10-19(11-5-14)29-21(25)15-2-8-17(9-3-15)23(26)27/h2-13H,1H3,(H,22,24). The number of ether oxygens (including phenoxy) is 2. The summed E-state index contributed by atoms with van der Waals surface area (Å²) >= 11 is 0. The molecule has 0 aliphatic heterocycles. The van der Waals surface area contributed by atoms with Crippen molar-refractivity contribution in [2.75, 3.05) is 12.4 Å². The molecule has 0 fully saturated rings. The summed E-state index contributed by atoms with van der Waals surface area (Å²) in [5.74, 6) is -0.0460. The number of nitro groups is 1. The van der Waals surface area contributed by atoms with E-state index in [9.17, 15) is 19.7 Å². The van der Waals surface area contributed by atoms with Gasteiger partial charge < -0.3 is 14.8 Å². The van der Waals surface area contributed by atoms with E-state index in [-0.39, 0.29) is 22.9 Å². The van der Waals surface area contributed by atoms with E-state index in [1.165, 1.54) is 48.5 Å². The fraction of sp³-hybridized carbons (Fsp3) is 0.0476. The van der Waals surface area contributed by atoms with E-state index < -0.39 is 10.9 Å². The third-order valence-corrected chi connectivity index (χ3v) is 3.99. The quantitative estimate of drug-likeness (QED) is 0.293. The number of rotatable bonds is 6. The number of amides is 1. The smallest absolute Gasteiger partial charge is 0.343 e. The van der Waals surface area contributed by atoms with Crippen LogP contribution in [-0.4, -0.2) is 23.9 Å². The van der Waals surface area contributed by atoms with Crippen molar-refractivity contribution in [1.82, 2.24) is 0 Å². The number of anilines is 1. The minimum absolute atomic E-state index is 0.117. The number of carbonyl (C=O) groups excluding carboxylic acids is 2. The minimum Gasteiger partial charge on any atom is -0.497 e.